The average Bonchev–Trinajstić information content (AvgIpc) is 2.65. The van der Waals surface area contributed by atoms with Crippen molar-refractivity contribution in [3.05, 3.63) is 72.0 Å². The van der Waals surface area contributed by atoms with Crippen LogP contribution in [0.3, 0.4) is 0 Å². The van der Waals surface area contributed by atoms with E-state index in [2.05, 4.69) is 20.8 Å². The van der Waals surface area contributed by atoms with E-state index >= 15 is 0 Å². The smallest absolute Gasteiger partial charge is 0.263 e. The maximum Gasteiger partial charge on any atom is 0.263 e. The van der Waals surface area contributed by atoms with Gasteiger partial charge in [-0.1, -0.05) is 29.8 Å². The largest absolute Gasteiger partial charge is 0.484 e. The van der Waals surface area contributed by atoms with Crippen molar-refractivity contribution >= 4 is 23.2 Å². The van der Waals surface area contributed by atoms with Crippen molar-refractivity contribution in [2.45, 2.75) is 6.92 Å². The molecule has 1 heterocycles. The van der Waals surface area contributed by atoms with Crippen LogP contribution >= 0.6 is 0 Å². The number of hydrogen-bond acceptors (Lipinski definition) is 5. The highest BCUT2D eigenvalue weighted by molar-refractivity contribution is 5.90. The van der Waals surface area contributed by atoms with Crippen molar-refractivity contribution in [1.29, 1.82) is 0 Å². The standard InChI is InChI=1S/C19H17FN4O2/c1-13-6-8-14(9-7-13)26-12-19(25)22-18-11-10-17(23-24-18)21-16-5-3-2-4-15(16)20/h2-11H,12H2,1H3,(H,21,23)(H,22,24,25). The van der Waals surface area contributed by atoms with Crippen molar-refractivity contribution in [2.24, 2.45) is 0 Å². The Morgan fingerprint density at radius 1 is 1.00 bits per heavy atom. The molecule has 0 saturated heterocycles. The van der Waals surface area contributed by atoms with Gasteiger partial charge in [0.2, 0.25) is 0 Å². The third-order valence-corrected chi connectivity index (χ3v) is 3.46. The number of aryl methyl sites for hydroxylation is 1. The van der Waals surface area contributed by atoms with E-state index in [9.17, 15) is 9.18 Å². The van der Waals surface area contributed by atoms with Gasteiger partial charge in [0.05, 0.1) is 5.69 Å². The van der Waals surface area contributed by atoms with Gasteiger partial charge in [0, 0.05) is 0 Å². The summed E-state index contributed by atoms with van der Waals surface area (Å²) in [7, 11) is 0. The molecule has 3 aromatic rings. The lowest BCUT2D eigenvalue weighted by Gasteiger charge is -2.08. The first-order chi connectivity index (χ1) is 12.6. The predicted octanol–water partition coefficient (Wildman–Crippen LogP) is 3.69. The van der Waals surface area contributed by atoms with E-state index in [0.29, 0.717) is 17.3 Å². The molecular weight excluding hydrogens is 335 g/mol. The van der Waals surface area contributed by atoms with Crippen molar-refractivity contribution in [3.8, 4) is 5.75 Å². The molecule has 0 bridgehead atoms. The highest BCUT2D eigenvalue weighted by Crippen LogP contribution is 2.18. The highest BCUT2D eigenvalue weighted by atomic mass is 19.1. The fraction of sp³-hybridized carbons (Fsp3) is 0.105. The molecule has 7 heteroatoms. The SMILES string of the molecule is Cc1ccc(OCC(=O)Nc2ccc(Nc3ccccc3F)nn2)cc1. The monoisotopic (exact) mass is 352 g/mol. The number of benzene rings is 2. The number of nitrogens with zero attached hydrogens (tertiary/aromatic N) is 2. The van der Waals surface area contributed by atoms with Gasteiger partial charge >= 0.3 is 0 Å². The van der Waals surface area contributed by atoms with Crippen LogP contribution in [0.25, 0.3) is 0 Å². The van der Waals surface area contributed by atoms with Crippen molar-refractivity contribution < 1.29 is 13.9 Å². The number of rotatable bonds is 6. The second-order valence-corrected chi connectivity index (χ2v) is 5.56. The van der Waals surface area contributed by atoms with Gasteiger partial charge in [0.25, 0.3) is 5.91 Å². The summed E-state index contributed by atoms with van der Waals surface area (Å²) in [4.78, 5) is 11.9. The van der Waals surface area contributed by atoms with Gasteiger partial charge in [-0.05, 0) is 43.3 Å². The summed E-state index contributed by atoms with van der Waals surface area (Å²) in [6.45, 7) is 1.83. The summed E-state index contributed by atoms with van der Waals surface area (Å²) in [5.74, 6) is 0.515. The Bertz CT molecular complexity index is 883. The maximum absolute atomic E-state index is 13.6. The van der Waals surface area contributed by atoms with Gasteiger partial charge in [-0.3, -0.25) is 4.79 Å². The van der Waals surface area contributed by atoms with Gasteiger partial charge in [0.1, 0.15) is 11.6 Å². The average molecular weight is 352 g/mol. The summed E-state index contributed by atoms with van der Waals surface area (Å²) in [5, 5.41) is 13.2. The van der Waals surface area contributed by atoms with E-state index in [-0.39, 0.29) is 24.1 Å². The first-order valence-electron chi connectivity index (χ1n) is 7.95. The predicted molar refractivity (Wildman–Crippen MR) is 97.0 cm³/mol. The Labute approximate surface area is 150 Å². The lowest BCUT2D eigenvalue weighted by Crippen LogP contribution is -2.21. The third kappa shape index (κ3) is 4.76. The van der Waals surface area contributed by atoms with Gasteiger partial charge in [-0.2, -0.15) is 0 Å². The molecule has 0 spiro atoms. The normalized spacial score (nSPS) is 10.2. The molecule has 0 aliphatic carbocycles. The number of aromatic nitrogens is 2. The second kappa shape index (κ2) is 8.06. The number of anilines is 3. The Kier molecular flexibility index (Phi) is 5.38. The number of carbonyl (C=O) groups is 1. The minimum atomic E-state index is -0.389. The Morgan fingerprint density at radius 3 is 2.38 bits per heavy atom. The minimum absolute atomic E-state index is 0.139. The van der Waals surface area contributed by atoms with E-state index in [1.54, 1.807) is 42.5 Å². The fourth-order valence-electron chi connectivity index (χ4n) is 2.13. The van der Waals surface area contributed by atoms with E-state index < -0.39 is 0 Å². The molecule has 0 radical (unpaired) electrons. The van der Waals surface area contributed by atoms with Crippen LogP contribution in [0.15, 0.2) is 60.7 Å². The molecule has 1 amide bonds. The number of amides is 1. The zero-order valence-corrected chi connectivity index (χ0v) is 14.1. The first kappa shape index (κ1) is 17.3. The molecule has 0 saturated carbocycles. The topological polar surface area (TPSA) is 76.1 Å². The number of ether oxygens (including phenoxy) is 1. The summed E-state index contributed by atoms with van der Waals surface area (Å²) in [5.41, 5.74) is 1.41. The maximum atomic E-state index is 13.6. The number of nitrogens with one attached hydrogen (secondary N) is 2. The van der Waals surface area contributed by atoms with Crippen molar-refractivity contribution in [1.82, 2.24) is 10.2 Å². The van der Waals surface area contributed by atoms with E-state index in [4.69, 9.17) is 4.74 Å². The molecule has 26 heavy (non-hydrogen) atoms. The first-order valence-corrected chi connectivity index (χ1v) is 7.95. The van der Waals surface area contributed by atoms with Crippen LogP contribution < -0.4 is 15.4 Å². The second-order valence-electron chi connectivity index (χ2n) is 5.56. The van der Waals surface area contributed by atoms with Crippen LogP contribution in [0.2, 0.25) is 0 Å². The molecule has 0 fully saturated rings. The van der Waals surface area contributed by atoms with Crippen LogP contribution in [-0.2, 0) is 4.79 Å². The summed E-state index contributed by atoms with van der Waals surface area (Å²) >= 11 is 0. The van der Waals surface area contributed by atoms with Gasteiger partial charge in [-0.25, -0.2) is 4.39 Å². The lowest BCUT2D eigenvalue weighted by atomic mass is 10.2. The van der Waals surface area contributed by atoms with Crippen LogP contribution in [0.5, 0.6) is 5.75 Å². The zero-order valence-electron chi connectivity index (χ0n) is 14.1. The molecule has 2 N–H and O–H groups in total. The Morgan fingerprint density at radius 2 is 1.69 bits per heavy atom. The molecule has 0 unspecified atom stereocenters. The van der Waals surface area contributed by atoms with Crippen LogP contribution in [0.4, 0.5) is 21.7 Å². The molecule has 2 aromatic carbocycles. The number of carbonyl (C=O) groups excluding carboxylic acids is 1. The molecule has 0 atom stereocenters. The van der Waals surface area contributed by atoms with Crippen LogP contribution in [-0.4, -0.2) is 22.7 Å². The molecular formula is C19H17FN4O2. The molecule has 0 aliphatic heterocycles. The molecule has 3 rings (SSSR count). The summed E-state index contributed by atoms with van der Waals surface area (Å²) in [6, 6.07) is 16.8. The number of hydrogen-bond donors (Lipinski definition) is 2. The van der Waals surface area contributed by atoms with Crippen LogP contribution in [0, 0.1) is 12.7 Å². The van der Waals surface area contributed by atoms with E-state index in [1.165, 1.54) is 6.07 Å². The zero-order chi connectivity index (χ0) is 18.4. The van der Waals surface area contributed by atoms with Gasteiger partial charge in [-0.15, -0.1) is 10.2 Å². The highest BCUT2D eigenvalue weighted by Gasteiger charge is 2.07. The summed E-state index contributed by atoms with van der Waals surface area (Å²) < 4.78 is 19.0. The molecule has 1 aromatic heterocycles. The third-order valence-electron chi connectivity index (χ3n) is 3.46. The van der Waals surface area contributed by atoms with Gasteiger partial charge in [0.15, 0.2) is 18.2 Å². The van der Waals surface area contributed by atoms with E-state index in [0.717, 1.165) is 5.56 Å². The number of halogens is 1. The molecule has 6 nitrogen and oxygen atoms in total. The fourth-order valence-corrected chi connectivity index (χ4v) is 2.13. The number of para-hydroxylation sites is 1. The minimum Gasteiger partial charge on any atom is -0.484 e. The van der Waals surface area contributed by atoms with Crippen molar-refractivity contribution in [2.75, 3.05) is 17.2 Å². The Hall–Kier alpha value is -3.48. The molecule has 132 valence electrons. The quantitative estimate of drug-likeness (QED) is 0.708. The van der Waals surface area contributed by atoms with E-state index in [1.807, 2.05) is 19.1 Å². The summed E-state index contributed by atoms with van der Waals surface area (Å²) in [6.07, 6.45) is 0. The Balaban J connectivity index is 1.52. The van der Waals surface area contributed by atoms with Crippen molar-refractivity contribution in [3.63, 3.8) is 0 Å². The van der Waals surface area contributed by atoms with Crippen LogP contribution in [0.1, 0.15) is 5.56 Å². The lowest BCUT2D eigenvalue weighted by molar-refractivity contribution is -0.118. The van der Waals surface area contributed by atoms with Gasteiger partial charge < -0.3 is 15.4 Å². The molecule has 0 aliphatic rings.